The van der Waals surface area contributed by atoms with Gasteiger partial charge in [0.2, 0.25) is 15.9 Å². The number of carbonyl (C=O) groups excluding carboxylic acids is 1. The van der Waals surface area contributed by atoms with Crippen LogP contribution in [0.25, 0.3) is 0 Å². The van der Waals surface area contributed by atoms with Crippen LogP contribution in [0.5, 0.6) is 5.75 Å². The van der Waals surface area contributed by atoms with Crippen molar-refractivity contribution in [2.75, 3.05) is 32.8 Å². The fourth-order valence-electron chi connectivity index (χ4n) is 3.49. The molecule has 7 heteroatoms. The van der Waals surface area contributed by atoms with Gasteiger partial charge in [-0.15, -0.1) is 0 Å². The highest BCUT2D eigenvalue weighted by Gasteiger charge is 2.30. The van der Waals surface area contributed by atoms with Crippen LogP contribution in [0.1, 0.15) is 31.7 Å². The highest BCUT2D eigenvalue weighted by Crippen LogP contribution is 2.23. The lowest BCUT2D eigenvalue weighted by molar-refractivity contribution is -0.132. The van der Waals surface area contributed by atoms with Gasteiger partial charge in [-0.05, 0) is 42.7 Å². The highest BCUT2D eigenvalue weighted by atomic mass is 32.2. The van der Waals surface area contributed by atoms with Gasteiger partial charge in [0, 0.05) is 32.6 Å². The molecule has 1 fully saturated rings. The molecule has 0 N–H and O–H groups in total. The Kier molecular flexibility index (Phi) is 6.92. The van der Waals surface area contributed by atoms with E-state index in [4.69, 9.17) is 4.74 Å². The van der Waals surface area contributed by atoms with Crippen LogP contribution in [0.3, 0.4) is 0 Å². The molecule has 0 radical (unpaired) electrons. The number of nitrogens with zero attached hydrogens (tertiary/aromatic N) is 2. The Morgan fingerprint density at radius 3 is 2.21 bits per heavy atom. The summed E-state index contributed by atoms with van der Waals surface area (Å²) in [6.45, 7) is 5.89. The van der Waals surface area contributed by atoms with Gasteiger partial charge in [0.25, 0.3) is 0 Å². The summed E-state index contributed by atoms with van der Waals surface area (Å²) in [5.74, 6) is 0.850. The third-order valence-electron chi connectivity index (χ3n) is 5.21. The molecule has 1 heterocycles. The average Bonchev–Trinajstić information content (AvgIpc) is 2.75. The molecule has 2 aromatic rings. The van der Waals surface area contributed by atoms with Crippen molar-refractivity contribution < 1.29 is 17.9 Å². The molecule has 156 valence electrons. The molecule has 1 aliphatic heterocycles. The minimum atomic E-state index is -3.57. The number of benzene rings is 2. The van der Waals surface area contributed by atoms with Crippen LogP contribution >= 0.6 is 0 Å². The van der Waals surface area contributed by atoms with E-state index in [1.807, 2.05) is 44.2 Å². The summed E-state index contributed by atoms with van der Waals surface area (Å²) in [6.07, 6.45) is 0.426. The molecule has 2 aromatic carbocycles. The zero-order valence-electron chi connectivity index (χ0n) is 17.0. The van der Waals surface area contributed by atoms with Crippen molar-refractivity contribution in [1.29, 1.82) is 0 Å². The first-order chi connectivity index (χ1) is 13.9. The second-order valence-corrected chi connectivity index (χ2v) is 9.14. The molecule has 0 spiro atoms. The van der Waals surface area contributed by atoms with Crippen LogP contribution in [-0.4, -0.2) is 56.3 Å². The largest absolute Gasteiger partial charge is 0.494 e. The minimum absolute atomic E-state index is 0.0690. The lowest BCUT2D eigenvalue weighted by atomic mass is 9.97. The molecular weight excluding hydrogens is 388 g/mol. The van der Waals surface area contributed by atoms with Gasteiger partial charge >= 0.3 is 0 Å². The average molecular weight is 417 g/mol. The fourth-order valence-corrected chi connectivity index (χ4v) is 4.91. The topological polar surface area (TPSA) is 66.9 Å². The SMILES string of the molecule is CCOc1ccc(S(=O)(=O)N2CCN(C(=O)CC(C)c3ccccc3)CC2)cc1. The van der Waals surface area contributed by atoms with Crippen LogP contribution in [0.4, 0.5) is 0 Å². The van der Waals surface area contributed by atoms with E-state index in [1.54, 1.807) is 29.2 Å². The Bertz CT molecular complexity index is 906. The first kappa shape index (κ1) is 21.3. The zero-order chi connectivity index (χ0) is 20.9. The van der Waals surface area contributed by atoms with E-state index in [2.05, 4.69) is 0 Å². The number of sulfonamides is 1. The first-order valence-corrected chi connectivity index (χ1v) is 11.4. The van der Waals surface area contributed by atoms with Gasteiger partial charge < -0.3 is 9.64 Å². The number of rotatable bonds is 7. The molecule has 0 aromatic heterocycles. The van der Waals surface area contributed by atoms with Crippen molar-refractivity contribution >= 4 is 15.9 Å². The number of carbonyl (C=O) groups is 1. The van der Waals surface area contributed by atoms with E-state index in [0.717, 1.165) is 5.56 Å². The molecule has 1 unspecified atom stereocenters. The van der Waals surface area contributed by atoms with Crippen molar-refractivity contribution in [1.82, 2.24) is 9.21 Å². The maximum Gasteiger partial charge on any atom is 0.243 e. The summed E-state index contributed by atoms with van der Waals surface area (Å²) in [7, 11) is -3.57. The monoisotopic (exact) mass is 416 g/mol. The van der Waals surface area contributed by atoms with Crippen LogP contribution in [-0.2, 0) is 14.8 Å². The van der Waals surface area contributed by atoms with Crippen LogP contribution in [0, 0.1) is 0 Å². The van der Waals surface area contributed by atoms with E-state index in [1.165, 1.54) is 4.31 Å². The Labute approximate surface area is 173 Å². The third-order valence-corrected chi connectivity index (χ3v) is 7.13. The van der Waals surface area contributed by atoms with Crippen molar-refractivity contribution in [3.8, 4) is 5.75 Å². The number of amides is 1. The van der Waals surface area contributed by atoms with E-state index in [0.29, 0.717) is 45.0 Å². The van der Waals surface area contributed by atoms with Crippen LogP contribution in [0.2, 0.25) is 0 Å². The Morgan fingerprint density at radius 2 is 1.62 bits per heavy atom. The summed E-state index contributed by atoms with van der Waals surface area (Å²) in [6, 6.07) is 16.4. The van der Waals surface area contributed by atoms with E-state index < -0.39 is 10.0 Å². The van der Waals surface area contributed by atoms with Gasteiger partial charge in [-0.3, -0.25) is 4.79 Å². The predicted octanol–water partition coefficient (Wildman–Crippen LogP) is 3.11. The predicted molar refractivity (Wildman–Crippen MR) is 112 cm³/mol. The molecule has 1 atom stereocenters. The number of hydrogen-bond acceptors (Lipinski definition) is 4. The van der Waals surface area contributed by atoms with Crippen molar-refractivity contribution in [2.24, 2.45) is 0 Å². The van der Waals surface area contributed by atoms with Crippen molar-refractivity contribution in [3.05, 3.63) is 60.2 Å². The van der Waals surface area contributed by atoms with Gasteiger partial charge in [0.05, 0.1) is 11.5 Å². The molecule has 0 aliphatic carbocycles. The maximum absolute atomic E-state index is 12.9. The van der Waals surface area contributed by atoms with Gasteiger partial charge in [-0.25, -0.2) is 8.42 Å². The van der Waals surface area contributed by atoms with Gasteiger partial charge in [0.1, 0.15) is 5.75 Å². The third kappa shape index (κ3) is 5.16. The summed E-state index contributed by atoms with van der Waals surface area (Å²) in [5.41, 5.74) is 1.14. The zero-order valence-corrected chi connectivity index (χ0v) is 17.8. The lowest BCUT2D eigenvalue weighted by Crippen LogP contribution is -2.50. The molecule has 3 rings (SSSR count). The Balaban J connectivity index is 1.57. The van der Waals surface area contributed by atoms with Crippen LogP contribution < -0.4 is 4.74 Å². The molecule has 1 amide bonds. The molecule has 1 aliphatic rings. The Morgan fingerprint density at radius 1 is 1.00 bits per heavy atom. The van der Waals surface area contributed by atoms with Crippen molar-refractivity contribution in [3.63, 3.8) is 0 Å². The molecule has 29 heavy (non-hydrogen) atoms. The van der Waals surface area contributed by atoms with Crippen molar-refractivity contribution in [2.45, 2.75) is 31.1 Å². The minimum Gasteiger partial charge on any atom is -0.494 e. The standard InChI is InChI=1S/C22H28N2O4S/c1-3-28-20-9-11-21(12-10-20)29(26,27)24-15-13-23(14-16-24)22(25)17-18(2)19-7-5-4-6-8-19/h4-12,18H,3,13-17H2,1-2H3. The molecule has 1 saturated heterocycles. The number of ether oxygens (including phenoxy) is 1. The Hall–Kier alpha value is -2.38. The van der Waals surface area contributed by atoms with Gasteiger partial charge in [-0.1, -0.05) is 37.3 Å². The lowest BCUT2D eigenvalue weighted by Gasteiger charge is -2.34. The summed E-state index contributed by atoms with van der Waals surface area (Å²) in [5, 5.41) is 0. The second kappa shape index (κ2) is 9.41. The molecule has 0 bridgehead atoms. The van der Waals surface area contributed by atoms with E-state index in [-0.39, 0.29) is 16.7 Å². The molecule has 6 nitrogen and oxygen atoms in total. The summed E-state index contributed by atoms with van der Waals surface area (Å²) < 4.78 is 32.6. The molecular formula is C22H28N2O4S. The van der Waals surface area contributed by atoms with Gasteiger partial charge in [0.15, 0.2) is 0 Å². The second-order valence-electron chi connectivity index (χ2n) is 7.21. The smallest absolute Gasteiger partial charge is 0.243 e. The number of hydrogen-bond donors (Lipinski definition) is 0. The summed E-state index contributed by atoms with van der Waals surface area (Å²) >= 11 is 0. The quantitative estimate of drug-likeness (QED) is 0.696. The number of piperazine rings is 1. The van der Waals surface area contributed by atoms with Gasteiger partial charge in [-0.2, -0.15) is 4.31 Å². The van der Waals surface area contributed by atoms with E-state index >= 15 is 0 Å². The maximum atomic E-state index is 12.9. The van der Waals surface area contributed by atoms with Crippen LogP contribution in [0.15, 0.2) is 59.5 Å². The highest BCUT2D eigenvalue weighted by molar-refractivity contribution is 7.89. The molecule has 0 saturated carbocycles. The normalized spacial score (nSPS) is 16.4. The fraction of sp³-hybridized carbons (Fsp3) is 0.409. The summed E-state index contributed by atoms with van der Waals surface area (Å²) in [4.78, 5) is 14.7. The van der Waals surface area contributed by atoms with E-state index in [9.17, 15) is 13.2 Å². The first-order valence-electron chi connectivity index (χ1n) is 9.97.